The predicted molar refractivity (Wildman–Crippen MR) is 115 cm³/mol. The van der Waals surface area contributed by atoms with Gasteiger partial charge in [-0.3, -0.25) is 0 Å². The maximum atomic E-state index is 15.5. The summed E-state index contributed by atoms with van der Waals surface area (Å²) in [5, 5.41) is 0. The van der Waals surface area contributed by atoms with Gasteiger partial charge in [0.2, 0.25) is 5.95 Å². The van der Waals surface area contributed by atoms with Crippen molar-refractivity contribution in [3.05, 3.63) is 47.7 Å². The Bertz CT molecular complexity index is 1110. The van der Waals surface area contributed by atoms with Crippen molar-refractivity contribution in [3.63, 3.8) is 0 Å². The molecule has 11 heteroatoms. The first-order valence-electron chi connectivity index (χ1n) is 10.4. The van der Waals surface area contributed by atoms with Crippen molar-refractivity contribution in [1.82, 2.24) is 9.88 Å². The largest absolute Gasteiger partial charge is 0.450 e. The van der Waals surface area contributed by atoms with Crippen molar-refractivity contribution in [3.8, 4) is 0 Å². The number of hydrogen-bond acceptors (Lipinski definition) is 7. The molecule has 3 heterocycles. The van der Waals surface area contributed by atoms with E-state index >= 15 is 8.78 Å². The van der Waals surface area contributed by atoms with Crippen LogP contribution >= 0.6 is 0 Å². The summed E-state index contributed by atoms with van der Waals surface area (Å²) in [6.07, 6.45) is -0.476. The summed E-state index contributed by atoms with van der Waals surface area (Å²) in [6.45, 7) is 3.02. The molecule has 0 saturated carbocycles. The molecule has 0 radical (unpaired) electrons. The van der Waals surface area contributed by atoms with Gasteiger partial charge in [0.05, 0.1) is 12.4 Å². The monoisotopic (exact) mass is 466 g/mol. The van der Waals surface area contributed by atoms with E-state index in [9.17, 15) is 13.2 Å². The zero-order valence-corrected chi connectivity index (χ0v) is 18.4. The van der Waals surface area contributed by atoms with E-state index in [1.165, 1.54) is 14.7 Å². The summed E-state index contributed by atoms with van der Waals surface area (Å²) in [5.41, 5.74) is 0.517. The summed E-state index contributed by atoms with van der Waals surface area (Å²) >= 11 is 0. The SMILES string of the molecule is CCOC(=O)N1CCN(c2nc(F)c3c(c2F)S(=O)(=O)CCN3Cc2ccccc2)CC1. The first-order valence-corrected chi connectivity index (χ1v) is 12.0. The van der Waals surface area contributed by atoms with Crippen LogP contribution in [-0.4, -0.2) is 69.5 Å². The van der Waals surface area contributed by atoms with Gasteiger partial charge in [0.1, 0.15) is 10.6 Å². The van der Waals surface area contributed by atoms with Gasteiger partial charge >= 0.3 is 6.09 Å². The van der Waals surface area contributed by atoms with Crippen LogP contribution < -0.4 is 9.80 Å². The van der Waals surface area contributed by atoms with E-state index in [2.05, 4.69) is 4.98 Å². The third-order valence-corrected chi connectivity index (χ3v) is 7.30. The number of aromatic nitrogens is 1. The van der Waals surface area contributed by atoms with Crippen LogP contribution in [0.3, 0.4) is 0 Å². The van der Waals surface area contributed by atoms with Crippen molar-refractivity contribution < 1.29 is 26.7 Å². The molecule has 1 fully saturated rings. The van der Waals surface area contributed by atoms with Crippen LogP contribution in [0.15, 0.2) is 35.2 Å². The van der Waals surface area contributed by atoms with E-state index in [-0.39, 0.29) is 63.1 Å². The molecule has 2 aliphatic rings. The molecule has 0 atom stereocenters. The molecule has 2 aliphatic heterocycles. The number of carbonyl (C=O) groups excluding carboxylic acids is 1. The number of fused-ring (bicyclic) bond motifs is 1. The fourth-order valence-electron chi connectivity index (χ4n) is 3.98. The van der Waals surface area contributed by atoms with Crippen LogP contribution in [0.1, 0.15) is 12.5 Å². The lowest BCUT2D eigenvalue weighted by molar-refractivity contribution is 0.105. The van der Waals surface area contributed by atoms with Crippen molar-refractivity contribution >= 4 is 27.4 Å². The maximum absolute atomic E-state index is 15.5. The highest BCUT2D eigenvalue weighted by Crippen LogP contribution is 2.38. The Balaban J connectivity index is 1.65. The lowest BCUT2D eigenvalue weighted by Gasteiger charge is -2.36. The quantitative estimate of drug-likeness (QED) is 0.640. The fraction of sp³-hybridized carbons (Fsp3) is 0.429. The molecule has 0 aliphatic carbocycles. The van der Waals surface area contributed by atoms with Crippen molar-refractivity contribution in [2.45, 2.75) is 18.4 Å². The smallest absolute Gasteiger partial charge is 0.409 e. The number of amides is 1. The summed E-state index contributed by atoms with van der Waals surface area (Å²) in [5.74, 6) is -2.74. The number of pyridine rings is 1. The first-order chi connectivity index (χ1) is 15.3. The number of hydrogen-bond donors (Lipinski definition) is 0. The minimum absolute atomic E-state index is 0.0415. The van der Waals surface area contributed by atoms with E-state index in [4.69, 9.17) is 4.74 Å². The summed E-state index contributed by atoms with van der Waals surface area (Å²) in [7, 11) is -4.02. The first kappa shape index (κ1) is 22.3. The highest BCUT2D eigenvalue weighted by Gasteiger charge is 2.38. The average Bonchev–Trinajstić information content (AvgIpc) is 2.78. The summed E-state index contributed by atoms with van der Waals surface area (Å²) < 4.78 is 61.1. The lowest BCUT2D eigenvalue weighted by Crippen LogP contribution is -2.49. The van der Waals surface area contributed by atoms with Gasteiger partial charge < -0.3 is 19.4 Å². The zero-order chi connectivity index (χ0) is 22.9. The molecule has 1 saturated heterocycles. The molecule has 8 nitrogen and oxygen atoms in total. The number of piperazine rings is 1. The molecule has 1 amide bonds. The Labute approximate surface area is 185 Å². The summed E-state index contributed by atoms with van der Waals surface area (Å²) in [4.78, 5) is 19.5. The molecule has 0 bridgehead atoms. The topological polar surface area (TPSA) is 83.0 Å². The number of sulfone groups is 1. The van der Waals surface area contributed by atoms with Gasteiger partial charge in [-0.1, -0.05) is 30.3 Å². The summed E-state index contributed by atoms with van der Waals surface area (Å²) in [6, 6.07) is 9.16. The molecule has 0 unspecified atom stereocenters. The van der Waals surface area contributed by atoms with Crippen LogP contribution in [0.25, 0.3) is 0 Å². The molecule has 4 rings (SSSR count). The number of anilines is 2. The van der Waals surface area contributed by atoms with Gasteiger partial charge in [-0.05, 0) is 12.5 Å². The van der Waals surface area contributed by atoms with E-state index in [1.54, 1.807) is 6.92 Å². The van der Waals surface area contributed by atoms with Crippen LogP contribution in [0.4, 0.5) is 25.1 Å². The number of halogens is 2. The minimum Gasteiger partial charge on any atom is -0.450 e. The molecule has 0 spiro atoms. The van der Waals surface area contributed by atoms with Crippen LogP contribution in [0.2, 0.25) is 0 Å². The Morgan fingerprint density at radius 3 is 2.44 bits per heavy atom. The minimum atomic E-state index is -4.02. The van der Waals surface area contributed by atoms with Gasteiger partial charge in [0, 0.05) is 39.3 Å². The molecule has 172 valence electrons. The van der Waals surface area contributed by atoms with Gasteiger partial charge in [-0.25, -0.2) is 17.6 Å². The Morgan fingerprint density at radius 2 is 1.78 bits per heavy atom. The van der Waals surface area contributed by atoms with Crippen LogP contribution in [0, 0.1) is 11.8 Å². The second kappa shape index (κ2) is 8.89. The highest BCUT2D eigenvalue weighted by molar-refractivity contribution is 7.91. The number of benzene rings is 1. The number of carbonyl (C=O) groups is 1. The molecule has 1 aromatic carbocycles. The Hall–Kier alpha value is -2.95. The fourth-order valence-corrected chi connectivity index (χ4v) is 5.52. The molecule has 0 N–H and O–H groups in total. The Morgan fingerprint density at radius 1 is 1.09 bits per heavy atom. The van der Waals surface area contributed by atoms with Gasteiger partial charge in [0.25, 0.3) is 0 Å². The maximum Gasteiger partial charge on any atom is 0.409 e. The van der Waals surface area contributed by atoms with Gasteiger partial charge in [-0.15, -0.1) is 0 Å². The normalized spacial score (nSPS) is 17.8. The van der Waals surface area contributed by atoms with Crippen molar-refractivity contribution in [2.24, 2.45) is 0 Å². The number of nitrogens with zero attached hydrogens (tertiary/aromatic N) is 4. The van der Waals surface area contributed by atoms with E-state index < -0.39 is 32.6 Å². The second-order valence-electron chi connectivity index (χ2n) is 7.62. The number of rotatable bonds is 4. The van der Waals surface area contributed by atoms with E-state index in [0.717, 1.165) is 5.56 Å². The molecular formula is C21H24F2N4O4S. The number of ether oxygens (including phenoxy) is 1. The van der Waals surface area contributed by atoms with Crippen LogP contribution in [-0.2, 0) is 21.1 Å². The van der Waals surface area contributed by atoms with E-state index in [0.29, 0.717) is 0 Å². The molecule has 1 aromatic heterocycles. The van der Waals surface area contributed by atoms with Crippen molar-refractivity contribution in [2.75, 3.05) is 54.9 Å². The average molecular weight is 467 g/mol. The third-order valence-electron chi connectivity index (χ3n) is 5.59. The van der Waals surface area contributed by atoms with Gasteiger partial charge in [-0.2, -0.15) is 9.37 Å². The highest BCUT2D eigenvalue weighted by atomic mass is 32.2. The molecule has 2 aromatic rings. The Kier molecular flexibility index (Phi) is 6.18. The van der Waals surface area contributed by atoms with Crippen LogP contribution in [0.5, 0.6) is 0 Å². The standard InChI is InChI=1S/C21H24F2N4O4S/c1-2-31-21(28)26-10-8-25(9-11-26)20-16(22)18-17(19(23)24-20)27(12-13-32(18,29)30)14-15-6-4-3-5-7-15/h3-7H,2,8-14H2,1H3. The van der Waals surface area contributed by atoms with Gasteiger partial charge in [0.15, 0.2) is 21.5 Å². The third kappa shape index (κ3) is 4.21. The van der Waals surface area contributed by atoms with E-state index in [1.807, 2.05) is 30.3 Å². The predicted octanol–water partition coefficient (Wildman–Crippen LogP) is 2.43. The lowest BCUT2D eigenvalue weighted by atomic mass is 10.2. The second-order valence-corrected chi connectivity index (χ2v) is 9.66. The van der Waals surface area contributed by atoms with Crippen molar-refractivity contribution in [1.29, 1.82) is 0 Å². The zero-order valence-electron chi connectivity index (χ0n) is 17.6. The molecule has 32 heavy (non-hydrogen) atoms. The molecular weight excluding hydrogens is 442 g/mol.